The molecule has 4 rings (SSSR count). The fraction of sp³-hybridized carbons (Fsp3) is 0.471. The Kier molecular flexibility index (Phi) is 3.53. The maximum absolute atomic E-state index is 12.9. The molecule has 0 fully saturated rings. The molecular formula is C17H18N6O. The molecule has 7 nitrogen and oxygen atoms in total. The van der Waals surface area contributed by atoms with Crippen molar-refractivity contribution < 1.29 is 4.79 Å². The number of hydrogen-bond acceptors (Lipinski definition) is 5. The highest BCUT2D eigenvalue weighted by Crippen LogP contribution is 2.26. The molecule has 1 unspecified atom stereocenters. The van der Waals surface area contributed by atoms with Crippen LogP contribution < -0.4 is 0 Å². The van der Waals surface area contributed by atoms with Crippen molar-refractivity contribution in [2.75, 3.05) is 6.54 Å². The highest BCUT2D eigenvalue weighted by Gasteiger charge is 2.31. The van der Waals surface area contributed by atoms with E-state index in [1.165, 1.54) is 0 Å². The molecule has 2 aliphatic rings. The zero-order chi connectivity index (χ0) is 16.7. The molecule has 122 valence electrons. The average Bonchev–Trinajstić information content (AvgIpc) is 3.08. The van der Waals surface area contributed by atoms with Crippen molar-refractivity contribution in [3.05, 3.63) is 40.7 Å². The van der Waals surface area contributed by atoms with Crippen LogP contribution in [-0.4, -0.2) is 37.1 Å². The molecule has 0 saturated carbocycles. The second-order valence-electron chi connectivity index (χ2n) is 6.44. The summed E-state index contributed by atoms with van der Waals surface area (Å²) >= 11 is 0. The number of fused-ring (bicyclic) bond motifs is 2. The van der Waals surface area contributed by atoms with Gasteiger partial charge in [0.15, 0.2) is 0 Å². The van der Waals surface area contributed by atoms with Crippen LogP contribution >= 0.6 is 0 Å². The van der Waals surface area contributed by atoms with Crippen LogP contribution in [0.1, 0.15) is 34.6 Å². The van der Waals surface area contributed by atoms with Crippen molar-refractivity contribution in [2.24, 2.45) is 5.92 Å². The Morgan fingerprint density at radius 2 is 2.25 bits per heavy atom. The molecule has 0 aliphatic carbocycles. The first kappa shape index (κ1) is 14.8. The summed E-state index contributed by atoms with van der Waals surface area (Å²) in [6.07, 6.45) is 5.68. The second kappa shape index (κ2) is 5.71. The first-order valence-corrected chi connectivity index (χ1v) is 8.20. The van der Waals surface area contributed by atoms with E-state index in [0.717, 1.165) is 35.5 Å². The number of pyridine rings is 1. The lowest BCUT2D eigenvalue weighted by Gasteiger charge is -2.33. The number of aryl methyl sites for hydroxylation is 2. The van der Waals surface area contributed by atoms with Crippen LogP contribution in [0.25, 0.3) is 0 Å². The smallest absolute Gasteiger partial charge is 0.227 e. The summed E-state index contributed by atoms with van der Waals surface area (Å²) < 4.78 is 1.84. The Balaban J connectivity index is 1.53. The summed E-state index contributed by atoms with van der Waals surface area (Å²) in [6, 6.07) is 2.25. The fourth-order valence-corrected chi connectivity index (χ4v) is 3.68. The number of aromatic nitrogens is 4. The zero-order valence-corrected chi connectivity index (χ0v) is 13.6. The summed E-state index contributed by atoms with van der Waals surface area (Å²) in [5.74, 6) is 1.08. The molecule has 2 aromatic rings. The summed E-state index contributed by atoms with van der Waals surface area (Å²) in [7, 11) is 0. The number of carbonyl (C=O) groups excluding carboxylic acids is 1. The monoisotopic (exact) mass is 322 g/mol. The van der Waals surface area contributed by atoms with Crippen LogP contribution in [-0.2, 0) is 30.7 Å². The van der Waals surface area contributed by atoms with E-state index < -0.39 is 0 Å². The van der Waals surface area contributed by atoms with Gasteiger partial charge in [0.2, 0.25) is 5.91 Å². The van der Waals surface area contributed by atoms with Gasteiger partial charge < -0.3 is 4.90 Å². The van der Waals surface area contributed by atoms with E-state index in [1.807, 2.05) is 16.5 Å². The largest absolute Gasteiger partial charge is 0.338 e. The molecule has 0 aromatic carbocycles. The molecule has 1 atom stereocenters. The van der Waals surface area contributed by atoms with E-state index in [2.05, 4.69) is 21.1 Å². The number of rotatable bonds is 1. The van der Waals surface area contributed by atoms with E-state index >= 15 is 0 Å². The molecule has 24 heavy (non-hydrogen) atoms. The van der Waals surface area contributed by atoms with Crippen molar-refractivity contribution in [1.29, 1.82) is 5.26 Å². The molecular weight excluding hydrogens is 304 g/mol. The van der Waals surface area contributed by atoms with Gasteiger partial charge in [-0.05, 0) is 30.9 Å². The molecule has 0 N–H and O–H groups in total. The third kappa shape index (κ3) is 2.35. The molecule has 1 amide bonds. The van der Waals surface area contributed by atoms with E-state index in [0.29, 0.717) is 31.6 Å². The number of carbonyl (C=O) groups is 1. The fourth-order valence-electron chi connectivity index (χ4n) is 3.68. The predicted octanol–water partition coefficient (Wildman–Crippen LogP) is 1.00. The standard InChI is InChI=1S/C17H18N6O/c1-11-15(6-18)14-4-5-22(8-13(14)7-19-11)17(24)12-2-3-16-20-10-21-23(16)9-12/h7,10,12H,2-5,8-9H2,1H3. The molecule has 0 radical (unpaired) electrons. The minimum Gasteiger partial charge on any atom is -0.338 e. The van der Waals surface area contributed by atoms with Crippen molar-refractivity contribution in [2.45, 2.75) is 39.3 Å². The van der Waals surface area contributed by atoms with Crippen LogP contribution in [0.3, 0.4) is 0 Å². The van der Waals surface area contributed by atoms with Crippen molar-refractivity contribution >= 4 is 5.91 Å². The van der Waals surface area contributed by atoms with Gasteiger partial charge >= 0.3 is 0 Å². The van der Waals surface area contributed by atoms with Crippen LogP contribution in [0.2, 0.25) is 0 Å². The summed E-state index contributed by atoms with van der Waals surface area (Å²) in [5, 5.41) is 13.5. The van der Waals surface area contributed by atoms with Crippen molar-refractivity contribution in [3.63, 3.8) is 0 Å². The van der Waals surface area contributed by atoms with Gasteiger partial charge in [-0.25, -0.2) is 9.67 Å². The number of amides is 1. The molecule has 2 aromatic heterocycles. The summed E-state index contributed by atoms with van der Waals surface area (Å²) in [4.78, 5) is 23.3. The third-order valence-electron chi connectivity index (χ3n) is 5.04. The first-order valence-electron chi connectivity index (χ1n) is 8.20. The molecule has 7 heteroatoms. The topological polar surface area (TPSA) is 87.7 Å². The maximum atomic E-state index is 12.9. The minimum absolute atomic E-state index is 0.0467. The van der Waals surface area contributed by atoms with Crippen molar-refractivity contribution in [3.8, 4) is 6.07 Å². The molecule has 0 bridgehead atoms. The SMILES string of the molecule is Cc1ncc2c(c1C#N)CCN(C(=O)C1CCc3ncnn3C1)C2. The van der Waals surface area contributed by atoms with Gasteiger partial charge in [-0.1, -0.05) is 0 Å². The normalized spacial score (nSPS) is 19.3. The van der Waals surface area contributed by atoms with Crippen LogP contribution in [0.5, 0.6) is 0 Å². The van der Waals surface area contributed by atoms with Gasteiger partial charge in [0.25, 0.3) is 0 Å². The Bertz CT molecular complexity index is 849. The number of nitrogens with zero attached hydrogens (tertiary/aromatic N) is 6. The summed E-state index contributed by atoms with van der Waals surface area (Å²) in [6.45, 7) is 3.66. The third-order valence-corrected chi connectivity index (χ3v) is 5.04. The summed E-state index contributed by atoms with van der Waals surface area (Å²) in [5.41, 5.74) is 3.48. The lowest BCUT2D eigenvalue weighted by atomic mass is 9.93. The molecule has 0 spiro atoms. The average molecular weight is 322 g/mol. The molecule has 4 heterocycles. The van der Waals surface area contributed by atoms with E-state index in [4.69, 9.17) is 0 Å². The van der Waals surface area contributed by atoms with Gasteiger partial charge in [-0.2, -0.15) is 10.4 Å². The van der Waals surface area contributed by atoms with E-state index in [1.54, 1.807) is 12.5 Å². The Hall–Kier alpha value is -2.75. The van der Waals surface area contributed by atoms with E-state index in [9.17, 15) is 10.1 Å². The quantitative estimate of drug-likeness (QED) is 0.781. The predicted molar refractivity (Wildman–Crippen MR) is 84.6 cm³/mol. The van der Waals surface area contributed by atoms with Gasteiger partial charge in [0, 0.05) is 25.7 Å². The highest BCUT2D eigenvalue weighted by atomic mass is 16.2. The van der Waals surface area contributed by atoms with Gasteiger partial charge in [0.1, 0.15) is 18.2 Å². The van der Waals surface area contributed by atoms with Crippen LogP contribution in [0.15, 0.2) is 12.5 Å². The number of hydrogen-bond donors (Lipinski definition) is 0. The Morgan fingerprint density at radius 1 is 1.38 bits per heavy atom. The lowest BCUT2D eigenvalue weighted by molar-refractivity contribution is -0.137. The van der Waals surface area contributed by atoms with Crippen LogP contribution in [0, 0.1) is 24.2 Å². The molecule has 0 saturated heterocycles. The molecule has 2 aliphatic heterocycles. The first-order chi connectivity index (χ1) is 11.7. The van der Waals surface area contributed by atoms with Crippen molar-refractivity contribution in [1.82, 2.24) is 24.6 Å². The minimum atomic E-state index is -0.0467. The van der Waals surface area contributed by atoms with Crippen LogP contribution in [0.4, 0.5) is 0 Å². The lowest BCUT2D eigenvalue weighted by Crippen LogP contribution is -2.42. The van der Waals surface area contributed by atoms with Gasteiger partial charge in [-0.3, -0.25) is 9.78 Å². The maximum Gasteiger partial charge on any atom is 0.227 e. The highest BCUT2D eigenvalue weighted by molar-refractivity contribution is 5.79. The van der Waals surface area contributed by atoms with Gasteiger partial charge in [0.05, 0.1) is 23.7 Å². The Morgan fingerprint density at radius 3 is 3.08 bits per heavy atom. The van der Waals surface area contributed by atoms with E-state index in [-0.39, 0.29) is 11.8 Å². The number of nitriles is 1. The Labute approximate surface area is 139 Å². The zero-order valence-electron chi connectivity index (χ0n) is 13.6. The van der Waals surface area contributed by atoms with Gasteiger partial charge in [-0.15, -0.1) is 0 Å². The second-order valence-corrected chi connectivity index (χ2v) is 6.44.